The molecular formula is C10H12BN3O3. The van der Waals surface area contributed by atoms with Crippen LogP contribution in [-0.2, 0) is 7.05 Å². The van der Waals surface area contributed by atoms with Crippen LogP contribution in [0.1, 0.15) is 0 Å². The van der Waals surface area contributed by atoms with Crippen molar-refractivity contribution in [3.05, 3.63) is 24.5 Å². The number of hydrogen-bond donors (Lipinski definition) is 2. The summed E-state index contributed by atoms with van der Waals surface area (Å²) in [6.07, 6.45) is 3.14. The summed E-state index contributed by atoms with van der Waals surface area (Å²) in [6.45, 7) is 0. The first kappa shape index (κ1) is 11.6. The molecule has 0 atom stereocenters. The first-order valence-corrected chi connectivity index (χ1v) is 5.02. The van der Waals surface area contributed by atoms with Crippen molar-refractivity contribution in [2.24, 2.45) is 7.05 Å². The zero-order chi connectivity index (χ0) is 12.4. The molecule has 0 aliphatic rings. The third-order valence-electron chi connectivity index (χ3n) is 2.35. The molecule has 0 spiro atoms. The van der Waals surface area contributed by atoms with E-state index in [1.54, 1.807) is 31.6 Å². The van der Waals surface area contributed by atoms with Crippen LogP contribution in [-0.4, -0.2) is 39.0 Å². The summed E-state index contributed by atoms with van der Waals surface area (Å²) >= 11 is 0. The number of pyridine rings is 1. The fraction of sp³-hybridized carbons (Fsp3) is 0.200. The van der Waals surface area contributed by atoms with Crippen LogP contribution in [0.3, 0.4) is 0 Å². The van der Waals surface area contributed by atoms with E-state index >= 15 is 0 Å². The van der Waals surface area contributed by atoms with Crippen LogP contribution in [0.15, 0.2) is 24.5 Å². The summed E-state index contributed by atoms with van der Waals surface area (Å²) in [6, 6.07) is 3.46. The van der Waals surface area contributed by atoms with Crippen molar-refractivity contribution in [3.63, 3.8) is 0 Å². The van der Waals surface area contributed by atoms with Gasteiger partial charge in [0.2, 0.25) is 5.88 Å². The first-order chi connectivity index (χ1) is 8.11. The Labute approximate surface area is 98.6 Å². The quantitative estimate of drug-likeness (QED) is 0.676. The van der Waals surface area contributed by atoms with Gasteiger partial charge in [-0.25, -0.2) is 4.98 Å². The molecule has 0 saturated carbocycles. The Bertz CT molecular complexity index is 510. The van der Waals surface area contributed by atoms with Gasteiger partial charge in [-0.1, -0.05) is 0 Å². The second kappa shape index (κ2) is 4.56. The second-order valence-electron chi connectivity index (χ2n) is 3.57. The molecule has 0 aliphatic heterocycles. The maximum absolute atomic E-state index is 9.24. The van der Waals surface area contributed by atoms with Crippen molar-refractivity contribution in [2.45, 2.75) is 0 Å². The number of ether oxygens (including phenoxy) is 1. The third kappa shape index (κ3) is 2.30. The fourth-order valence-electron chi connectivity index (χ4n) is 1.56. The maximum atomic E-state index is 9.24. The highest BCUT2D eigenvalue weighted by Crippen LogP contribution is 2.16. The predicted octanol–water partition coefficient (Wildman–Crippen LogP) is -0.830. The van der Waals surface area contributed by atoms with Gasteiger partial charge in [-0.05, 0) is 6.07 Å². The molecule has 0 radical (unpaired) electrons. The minimum absolute atomic E-state index is 0.347. The fourth-order valence-corrected chi connectivity index (χ4v) is 1.56. The smallest absolute Gasteiger partial charge is 0.481 e. The molecule has 2 rings (SSSR count). The lowest BCUT2D eigenvalue weighted by Gasteiger charge is -2.02. The Kier molecular flexibility index (Phi) is 3.12. The van der Waals surface area contributed by atoms with E-state index < -0.39 is 7.12 Å². The van der Waals surface area contributed by atoms with Crippen LogP contribution in [0.5, 0.6) is 5.88 Å². The lowest BCUT2D eigenvalue weighted by molar-refractivity contribution is 0.398. The molecular weight excluding hydrogens is 221 g/mol. The molecule has 2 aromatic heterocycles. The summed E-state index contributed by atoms with van der Waals surface area (Å²) in [5, 5.41) is 22.6. The molecule has 2 heterocycles. The minimum Gasteiger partial charge on any atom is -0.481 e. The van der Waals surface area contributed by atoms with Gasteiger partial charge in [0.25, 0.3) is 0 Å². The lowest BCUT2D eigenvalue weighted by atomic mass is 9.79. The van der Waals surface area contributed by atoms with Gasteiger partial charge >= 0.3 is 7.12 Å². The van der Waals surface area contributed by atoms with E-state index in [0.29, 0.717) is 22.6 Å². The van der Waals surface area contributed by atoms with Gasteiger partial charge in [-0.3, -0.25) is 4.68 Å². The van der Waals surface area contributed by atoms with Gasteiger partial charge < -0.3 is 14.8 Å². The molecule has 17 heavy (non-hydrogen) atoms. The molecule has 0 bridgehead atoms. The van der Waals surface area contributed by atoms with Crippen LogP contribution < -0.4 is 10.2 Å². The van der Waals surface area contributed by atoms with Crippen LogP contribution in [0, 0.1) is 0 Å². The Hall–Kier alpha value is -1.86. The SMILES string of the molecule is COc1ccc(-c2nn(C)cc2B(O)O)cn1. The molecule has 0 fully saturated rings. The molecule has 0 aliphatic carbocycles. The summed E-state index contributed by atoms with van der Waals surface area (Å²) in [7, 11) is 1.69. The van der Waals surface area contributed by atoms with Crippen LogP contribution in [0.2, 0.25) is 0 Å². The zero-order valence-corrected chi connectivity index (χ0v) is 9.53. The standard InChI is InChI=1S/C10H12BN3O3/c1-14-6-8(11(15)16)10(13-14)7-3-4-9(17-2)12-5-7/h3-6,15-16H,1-2H3. The summed E-state index contributed by atoms with van der Waals surface area (Å²) in [5.41, 5.74) is 1.55. The number of nitrogens with zero attached hydrogens (tertiary/aromatic N) is 3. The molecule has 88 valence electrons. The highest BCUT2D eigenvalue weighted by Gasteiger charge is 2.20. The van der Waals surface area contributed by atoms with E-state index in [1.165, 1.54) is 11.8 Å². The van der Waals surface area contributed by atoms with E-state index in [0.717, 1.165) is 0 Å². The van der Waals surface area contributed by atoms with E-state index in [4.69, 9.17) is 4.74 Å². The average Bonchev–Trinajstić information content (AvgIpc) is 2.72. The Balaban J connectivity index is 2.44. The van der Waals surface area contributed by atoms with Gasteiger partial charge in [0.1, 0.15) is 0 Å². The Morgan fingerprint density at radius 2 is 2.12 bits per heavy atom. The van der Waals surface area contributed by atoms with Crippen LogP contribution in [0.25, 0.3) is 11.3 Å². The number of aromatic nitrogens is 3. The van der Waals surface area contributed by atoms with Crippen molar-refractivity contribution < 1.29 is 14.8 Å². The van der Waals surface area contributed by atoms with Gasteiger partial charge in [0, 0.05) is 36.5 Å². The van der Waals surface area contributed by atoms with E-state index in [-0.39, 0.29) is 0 Å². The molecule has 0 amide bonds. The van der Waals surface area contributed by atoms with E-state index in [9.17, 15) is 10.0 Å². The molecule has 0 saturated heterocycles. The van der Waals surface area contributed by atoms with Crippen molar-refractivity contribution in [1.29, 1.82) is 0 Å². The first-order valence-electron chi connectivity index (χ1n) is 5.02. The normalized spacial score (nSPS) is 10.4. The number of hydrogen-bond acceptors (Lipinski definition) is 5. The molecule has 6 nitrogen and oxygen atoms in total. The lowest BCUT2D eigenvalue weighted by Crippen LogP contribution is -2.30. The van der Waals surface area contributed by atoms with Gasteiger partial charge in [0.05, 0.1) is 12.8 Å². The average molecular weight is 233 g/mol. The van der Waals surface area contributed by atoms with Crippen LogP contribution >= 0.6 is 0 Å². The van der Waals surface area contributed by atoms with Gasteiger partial charge in [-0.2, -0.15) is 5.10 Å². The Morgan fingerprint density at radius 1 is 1.35 bits per heavy atom. The Morgan fingerprint density at radius 3 is 2.65 bits per heavy atom. The number of aryl methyl sites for hydroxylation is 1. The maximum Gasteiger partial charge on any atom is 0.492 e. The van der Waals surface area contributed by atoms with E-state index in [2.05, 4.69) is 10.1 Å². The molecule has 0 aromatic carbocycles. The van der Waals surface area contributed by atoms with E-state index in [1.807, 2.05) is 0 Å². The predicted molar refractivity (Wildman–Crippen MR) is 62.8 cm³/mol. The molecule has 0 unspecified atom stereocenters. The number of methoxy groups -OCH3 is 1. The zero-order valence-electron chi connectivity index (χ0n) is 9.53. The van der Waals surface area contributed by atoms with Crippen molar-refractivity contribution in [1.82, 2.24) is 14.8 Å². The minimum atomic E-state index is -1.55. The largest absolute Gasteiger partial charge is 0.492 e. The second-order valence-corrected chi connectivity index (χ2v) is 3.57. The van der Waals surface area contributed by atoms with Gasteiger partial charge in [-0.15, -0.1) is 0 Å². The van der Waals surface area contributed by atoms with Crippen molar-refractivity contribution >= 4 is 12.6 Å². The molecule has 2 N–H and O–H groups in total. The summed E-state index contributed by atoms with van der Waals surface area (Å²) in [5.74, 6) is 0.496. The molecule has 7 heteroatoms. The molecule has 2 aromatic rings. The number of rotatable bonds is 3. The van der Waals surface area contributed by atoms with Crippen molar-refractivity contribution in [2.75, 3.05) is 7.11 Å². The third-order valence-corrected chi connectivity index (χ3v) is 2.35. The summed E-state index contributed by atoms with van der Waals surface area (Å²) < 4.78 is 6.47. The summed E-state index contributed by atoms with van der Waals surface area (Å²) in [4.78, 5) is 4.05. The van der Waals surface area contributed by atoms with Crippen LogP contribution in [0.4, 0.5) is 0 Å². The topological polar surface area (TPSA) is 80.4 Å². The highest BCUT2D eigenvalue weighted by molar-refractivity contribution is 6.60. The van der Waals surface area contributed by atoms with Gasteiger partial charge in [0.15, 0.2) is 0 Å². The monoisotopic (exact) mass is 233 g/mol. The van der Waals surface area contributed by atoms with Crippen molar-refractivity contribution in [3.8, 4) is 17.1 Å². The highest BCUT2D eigenvalue weighted by atomic mass is 16.5.